The number of aliphatic imine (C=N–C) groups is 1. The normalized spacial score (nSPS) is 19.9. The Morgan fingerprint density at radius 2 is 1.80 bits per heavy atom. The average Bonchev–Trinajstić information content (AvgIpc) is 3.24. The molecule has 1 aromatic rings. The summed E-state index contributed by atoms with van der Waals surface area (Å²) in [5, 5.41) is 2.64. The first-order valence-corrected chi connectivity index (χ1v) is 12.4. The number of esters is 1. The largest absolute Gasteiger partial charge is 0.497 e. The highest BCUT2D eigenvalue weighted by atomic mass is 32.2. The predicted molar refractivity (Wildman–Crippen MR) is 133 cm³/mol. The first-order chi connectivity index (χ1) is 16.8. The molecule has 1 aromatic carbocycles. The van der Waals surface area contributed by atoms with Crippen LogP contribution in [-0.4, -0.2) is 73.5 Å². The van der Waals surface area contributed by atoms with E-state index in [4.69, 9.17) is 23.9 Å². The van der Waals surface area contributed by atoms with E-state index in [-0.39, 0.29) is 18.4 Å². The van der Waals surface area contributed by atoms with Gasteiger partial charge in [-0.2, -0.15) is 0 Å². The third kappa shape index (κ3) is 5.33. The van der Waals surface area contributed by atoms with E-state index in [1.54, 1.807) is 20.3 Å². The number of amidine groups is 1. The van der Waals surface area contributed by atoms with Crippen molar-refractivity contribution in [1.29, 1.82) is 0 Å². The molecule has 10 heteroatoms. The number of carbonyl (C=O) groups excluding carboxylic acids is 2. The van der Waals surface area contributed by atoms with E-state index in [0.717, 1.165) is 11.3 Å². The summed E-state index contributed by atoms with van der Waals surface area (Å²) in [7, 11) is 3.17. The Labute approximate surface area is 209 Å². The van der Waals surface area contributed by atoms with Gasteiger partial charge in [0.15, 0.2) is 5.17 Å². The molecule has 9 nitrogen and oxygen atoms in total. The molecule has 3 heterocycles. The van der Waals surface area contributed by atoms with Crippen molar-refractivity contribution in [2.45, 2.75) is 39.3 Å². The summed E-state index contributed by atoms with van der Waals surface area (Å²) >= 11 is 1.44. The number of hydrogen-bond acceptors (Lipinski definition) is 9. The van der Waals surface area contributed by atoms with Crippen molar-refractivity contribution >= 4 is 28.8 Å². The highest BCUT2D eigenvalue weighted by Gasteiger charge is 2.42. The summed E-state index contributed by atoms with van der Waals surface area (Å²) in [4.78, 5) is 34.9. The number of hydrogen-bond donors (Lipinski definition) is 0. The molecule has 3 aliphatic rings. The molecule has 0 unspecified atom stereocenters. The number of allylic oxidation sites excluding steroid dienone is 1. The number of thioether (sulfide) groups is 1. The van der Waals surface area contributed by atoms with Crippen molar-refractivity contribution in [3.63, 3.8) is 0 Å². The van der Waals surface area contributed by atoms with Gasteiger partial charge in [0.05, 0.1) is 57.3 Å². The summed E-state index contributed by atoms with van der Waals surface area (Å²) in [5.41, 5.74) is 2.55. The minimum absolute atomic E-state index is 0.0148. The molecular weight excluding hydrogens is 470 g/mol. The highest BCUT2D eigenvalue weighted by molar-refractivity contribution is 8.16. The lowest BCUT2D eigenvalue weighted by Gasteiger charge is -2.37. The smallest absolute Gasteiger partial charge is 0.338 e. The van der Waals surface area contributed by atoms with E-state index >= 15 is 0 Å². The van der Waals surface area contributed by atoms with E-state index in [1.165, 1.54) is 11.8 Å². The van der Waals surface area contributed by atoms with Crippen LogP contribution in [0.2, 0.25) is 0 Å². The number of amides is 1. The lowest BCUT2D eigenvalue weighted by molar-refractivity contribution is -0.143. The summed E-state index contributed by atoms with van der Waals surface area (Å²) in [5.74, 6) is 0.766. The minimum atomic E-state index is -0.559. The Balaban J connectivity index is 1.76. The molecule has 1 atom stereocenters. The summed E-state index contributed by atoms with van der Waals surface area (Å²) < 4.78 is 22.0. The molecule has 4 rings (SSSR count). The number of morpholine rings is 1. The second-order valence-corrected chi connectivity index (χ2v) is 9.50. The van der Waals surface area contributed by atoms with Crippen LogP contribution in [0.5, 0.6) is 11.5 Å². The first-order valence-electron chi connectivity index (χ1n) is 11.6. The molecule has 35 heavy (non-hydrogen) atoms. The molecule has 1 fully saturated rings. The van der Waals surface area contributed by atoms with Gasteiger partial charge in [0.25, 0.3) is 0 Å². The zero-order valence-corrected chi connectivity index (χ0v) is 21.5. The fraction of sp³-hybridized carbons (Fsp3) is 0.480. The van der Waals surface area contributed by atoms with Crippen molar-refractivity contribution in [3.8, 4) is 11.5 Å². The zero-order chi connectivity index (χ0) is 25.1. The lowest BCUT2D eigenvalue weighted by Crippen LogP contribution is -2.42. The molecule has 0 N–H and O–H groups in total. The van der Waals surface area contributed by atoms with Crippen molar-refractivity contribution in [2.24, 2.45) is 4.99 Å². The zero-order valence-electron chi connectivity index (χ0n) is 20.7. The molecule has 0 radical (unpaired) electrons. The van der Waals surface area contributed by atoms with E-state index in [0.29, 0.717) is 54.2 Å². The van der Waals surface area contributed by atoms with Crippen molar-refractivity contribution in [1.82, 2.24) is 9.80 Å². The maximum atomic E-state index is 13.3. The van der Waals surface area contributed by atoms with Crippen molar-refractivity contribution in [2.75, 3.05) is 40.5 Å². The van der Waals surface area contributed by atoms with E-state index in [1.807, 2.05) is 48.1 Å². The lowest BCUT2D eigenvalue weighted by atomic mass is 9.93. The number of methoxy groups -OCH3 is 2. The van der Waals surface area contributed by atoms with Gasteiger partial charge in [-0.1, -0.05) is 11.8 Å². The molecule has 0 saturated carbocycles. The Bertz CT molecular complexity index is 1070. The monoisotopic (exact) mass is 501 g/mol. The van der Waals surface area contributed by atoms with E-state index in [9.17, 15) is 9.59 Å². The van der Waals surface area contributed by atoms with Gasteiger partial charge in [0, 0.05) is 24.9 Å². The quantitative estimate of drug-likeness (QED) is 0.525. The number of ether oxygens (including phenoxy) is 4. The SMILES string of the molecule is COc1cc(OC)cc([C@H]2C(C(=O)OC(C)C)=C(C)N=C3SC=C(CC(=O)N4CCOCC4)N32)c1. The summed E-state index contributed by atoms with van der Waals surface area (Å²) in [6.45, 7) is 7.65. The molecule has 0 aliphatic carbocycles. The number of rotatable bonds is 7. The fourth-order valence-corrected chi connectivity index (χ4v) is 5.25. The van der Waals surface area contributed by atoms with Crippen LogP contribution in [0.25, 0.3) is 0 Å². The van der Waals surface area contributed by atoms with E-state index < -0.39 is 12.0 Å². The third-order valence-corrected chi connectivity index (χ3v) is 6.84. The second kappa shape index (κ2) is 10.7. The van der Waals surface area contributed by atoms with Crippen LogP contribution in [0, 0.1) is 0 Å². The third-order valence-electron chi connectivity index (χ3n) is 5.95. The van der Waals surface area contributed by atoms with Crippen LogP contribution in [0.1, 0.15) is 38.8 Å². The predicted octanol–water partition coefficient (Wildman–Crippen LogP) is 3.48. The van der Waals surface area contributed by atoms with Gasteiger partial charge in [0.2, 0.25) is 5.91 Å². The van der Waals surface area contributed by atoms with Gasteiger partial charge in [-0.3, -0.25) is 4.79 Å². The van der Waals surface area contributed by atoms with E-state index in [2.05, 4.69) is 0 Å². The number of nitrogens with zero attached hydrogens (tertiary/aromatic N) is 3. The molecule has 1 amide bonds. The molecule has 188 valence electrons. The Hall–Kier alpha value is -2.98. The van der Waals surface area contributed by atoms with Crippen molar-refractivity contribution in [3.05, 3.63) is 46.1 Å². The van der Waals surface area contributed by atoms with Crippen LogP contribution >= 0.6 is 11.8 Å². The van der Waals surface area contributed by atoms with Gasteiger partial charge >= 0.3 is 5.97 Å². The van der Waals surface area contributed by atoms with Crippen molar-refractivity contribution < 1.29 is 28.5 Å². The molecule has 1 saturated heterocycles. The highest BCUT2D eigenvalue weighted by Crippen LogP contribution is 2.46. The number of benzene rings is 1. The Morgan fingerprint density at radius 3 is 2.40 bits per heavy atom. The Kier molecular flexibility index (Phi) is 7.71. The minimum Gasteiger partial charge on any atom is -0.497 e. The van der Waals surface area contributed by atoms with Gasteiger partial charge in [-0.15, -0.1) is 0 Å². The van der Waals surface area contributed by atoms with Gasteiger partial charge in [-0.25, -0.2) is 9.79 Å². The molecular formula is C25H31N3O6S. The number of carbonyl (C=O) groups is 2. The number of fused-ring (bicyclic) bond motifs is 1. The second-order valence-electron chi connectivity index (χ2n) is 8.66. The summed E-state index contributed by atoms with van der Waals surface area (Å²) in [6, 6.07) is 4.96. The molecule has 3 aliphatic heterocycles. The fourth-order valence-electron chi connectivity index (χ4n) is 4.29. The molecule has 0 aromatic heterocycles. The van der Waals surface area contributed by atoms with Gasteiger partial charge < -0.3 is 28.7 Å². The topological polar surface area (TPSA) is 89.9 Å². The maximum Gasteiger partial charge on any atom is 0.338 e. The summed E-state index contributed by atoms with van der Waals surface area (Å²) in [6.07, 6.45) is -0.102. The van der Waals surface area contributed by atoms with Gasteiger partial charge in [0.1, 0.15) is 11.5 Å². The van der Waals surface area contributed by atoms with Crippen LogP contribution < -0.4 is 9.47 Å². The maximum absolute atomic E-state index is 13.3. The van der Waals surface area contributed by atoms with Gasteiger partial charge in [-0.05, 0) is 43.9 Å². The standard InChI is InChI=1S/C25H31N3O6S/c1-15(2)34-24(30)22-16(3)26-25-28(23(22)17-10-19(31-4)13-20(11-17)32-5)18(14-35-25)12-21(29)27-6-8-33-9-7-27/h10-11,13-15,23H,6-9,12H2,1-5H3/t23-/m0/s1. The average molecular weight is 502 g/mol. The first kappa shape index (κ1) is 25.1. The van der Waals surface area contributed by atoms with Crippen LogP contribution in [0.3, 0.4) is 0 Å². The van der Waals surface area contributed by atoms with Crippen LogP contribution in [0.4, 0.5) is 0 Å². The molecule has 0 spiro atoms. The Morgan fingerprint density at radius 1 is 1.14 bits per heavy atom. The van der Waals surface area contributed by atoms with Crippen LogP contribution in [-0.2, 0) is 19.1 Å². The van der Waals surface area contributed by atoms with Crippen LogP contribution in [0.15, 0.2) is 45.6 Å². The molecule has 0 bridgehead atoms.